The molecule has 0 unspecified atom stereocenters. The van der Waals surface area contributed by atoms with E-state index in [4.69, 9.17) is 24.1 Å². The predicted octanol–water partition coefficient (Wildman–Crippen LogP) is 3.09. The molecule has 0 aliphatic rings. The van der Waals surface area contributed by atoms with Gasteiger partial charge in [-0.2, -0.15) is 0 Å². The van der Waals surface area contributed by atoms with Crippen molar-refractivity contribution in [2.24, 2.45) is 0 Å². The molecule has 0 fully saturated rings. The zero-order chi connectivity index (χ0) is 23.7. The van der Waals surface area contributed by atoms with Gasteiger partial charge in [-0.3, -0.25) is 14.4 Å². The highest BCUT2D eigenvalue weighted by Gasteiger charge is 2.04. The molecule has 0 atom stereocenters. The summed E-state index contributed by atoms with van der Waals surface area (Å²) in [5.41, 5.74) is 0. The average Bonchev–Trinajstić information content (AvgIpc) is 2.77. The minimum atomic E-state index is -0.980. The van der Waals surface area contributed by atoms with Gasteiger partial charge >= 0.3 is 11.9 Å². The highest BCUT2D eigenvalue weighted by molar-refractivity contribution is 5.80. The number of carbonyl (C=O) groups is 3. The monoisotopic (exact) mass is 461 g/mol. The van der Waals surface area contributed by atoms with E-state index in [2.05, 4.69) is 12.2 Å². The number of unbranched alkanes of at least 4 members (excludes halogenated alkanes) is 6. The van der Waals surface area contributed by atoms with Crippen molar-refractivity contribution in [3.63, 3.8) is 0 Å². The Morgan fingerprint density at radius 1 is 0.656 bits per heavy atom. The molecular weight excluding hydrogens is 418 g/mol. The molecule has 188 valence electrons. The van der Waals surface area contributed by atoms with Crippen molar-refractivity contribution in [1.82, 2.24) is 5.32 Å². The lowest BCUT2D eigenvalue weighted by Gasteiger charge is -2.08. The topological polar surface area (TPSA) is 120 Å². The number of amides is 1. The molecule has 0 spiro atoms. The Balaban J connectivity index is 3.20. The first kappa shape index (κ1) is 30.3. The van der Waals surface area contributed by atoms with E-state index < -0.39 is 5.97 Å². The van der Waals surface area contributed by atoms with E-state index in [1.807, 2.05) is 0 Å². The molecule has 0 bridgehead atoms. The summed E-state index contributed by atoms with van der Waals surface area (Å²) in [6.07, 6.45) is 9.22. The first-order chi connectivity index (χ1) is 15.6. The molecule has 9 nitrogen and oxygen atoms in total. The Hall–Kier alpha value is -1.71. The third-order valence-corrected chi connectivity index (χ3v) is 4.57. The van der Waals surface area contributed by atoms with Crippen LogP contribution in [0.15, 0.2) is 0 Å². The smallest absolute Gasteiger partial charge is 0.305 e. The Morgan fingerprint density at radius 2 is 1.22 bits per heavy atom. The van der Waals surface area contributed by atoms with Crippen LogP contribution in [0.3, 0.4) is 0 Å². The van der Waals surface area contributed by atoms with Crippen LogP contribution in [0.2, 0.25) is 0 Å². The van der Waals surface area contributed by atoms with E-state index in [1.54, 1.807) is 0 Å². The summed E-state index contributed by atoms with van der Waals surface area (Å²) < 4.78 is 21.3. The third kappa shape index (κ3) is 24.6. The fourth-order valence-electron chi connectivity index (χ4n) is 2.77. The van der Waals surface area contributed by atoms with Crippen LogP contribution in [0.1, 0.15) is 77.6 Å². The van der Waals surface area contributed by atoms with Crippen LogP contribution in [-0.2, 0) is 33.3 Å². The Morgan fingerprint density at radius 3 is 1.84 bits per heavy atom. The van der Waals surface area contributed by atoms with Gasteiger partial charge in [0.1, 0.15) is 6.61 Å². The van der Waals surface area contributed by atoms with Gasteiger partial charge in [-0.25, -0.2) is 0 Å². The number of esters is 1. The van der Waals surface area contributed by atoms with Gasteiger partial charge in [-0.05, 0) is 12.8 Å². The number of rotatable bonds is 24. The van der Waals surface area contributed by atoms with Crippen LogP contribution >= 0.6 is 0 Å². The first-order valence-electron chi connectivity index (χ1n) is 11.9. The van der Waals surface area contributed by atoms with Gasteiger partial charge in [0.15, 0.2) is 0 Å². The van der Waals surface area contributed by atoms with Crippen molar-refractivity contribution < 1.29 is 38.4 Å². The van der Waals surface area contributed by atoms with E-state index in [9.17, 15) is 14.4 Å². The Kier molecular flexibility index (Phi) is 22.7. The zero-order valence-electron chi connectivity index (χ0n) is 19.7. The average molecular weight is 462 g/mol. The highest BCUT2D eigenvalue weighted by Crippen LogP contribution is 2.08. The molecule has 32 heavy (non-hydrogen) atoms. The number of carboxylic acids is 1. The Bertz CT molecular complexity index is 473. The van der Waals surface area contributed by atoms with Gasteiger partial charge in [0, 0.05) is 26.0 Å². The predicted molar refractivity (Wildman–Crippen MR) is 121 cm³/mol. The summed E-state index contributed by atoms with van der Waals surface area (Å²) in [7, 11) is 0. The van der Waals surface area contributed by atoms with Crippen molar-refractivity contribution in [2.75, 3.05) is 52.8 Å². The Labute approximate surface area is 192 Å². The maximum Gasteiger partial charge on any atom is 0.305 e. The van der Waals surface area contributed by atoms with E-state index >= 15 is 0 Å². The number of carbonyl (C=O) groups excluding carboxylic acids is 2. The second kappa shape index (κ2) is 23.9. The molecule has 0 aromatic carbocycles. The number of hydrogen-bond donors (Lipinski definition) is 2. The van der Waals surface area contributed by atoms with E-state index in [-0.39, 0.29) is 31.3 Å². The van der Waals surface area contributed by atoms with Crippen LogP contribution in [0, 0.1) is 0 Å². The molecule has 0 aromatic heterocycles. The van der Waals surface area contributed by atoms with Crippen molar-refractivity contribution >= 4 is 17.8 Å². The lowest BCUT2D eigenvalue weighted by Crippen LogP contribution is -2.25. The van der Waals surface area contributed by atoms with Gasteiger partial charge in [-0.15, -0.1) is 0 Å². The quantitative estimate of drug-likeness (QED) is 0.166. The van der Waals surface area contributed by atoms with Crippen molar-refractivity contribution in [1.29, 1.82) is 0 Å². The van der Waals surface area contributed by atoms with Gasteiger partial charge in [0.25, 0.3) is 0 Å². The van der Waals surface area contributed by atoms with Crippen LogP contribution in [-0.4, -0.2) is 75.7 Å². The number of nitrogens with one attached hydrogen (secondary N) is 1. The maximum atomic E-state index is 11.6. The van der Waals surface area contributed by atoms with E-state index in [0.717, 1.165) is 12.8 Å². The molecule has 0 aliphatic heterocycles. The summed E-state index contributed by atoms with van der Waals surface area (Å²) >= 11 is 0. The zero-order valence-corrected chi connectivity index (χ0v) is 19.7. The highest BCUT2D eigenvalue weighted by atomic mass is 16.6. The fraction of sp³-hybridized carbons (Fsp3) is 0.870. The van der Waals surface area contributed by atoms with Crippen LogP contribution < -0.4 is 5.32 Å². The molecule has 0 radical (unpaired) electrons. The molecule has 1 amide bonds. The lowest BCUT2D eigenvalue weighted by atomic mass is 10.1. The van der Waals surface area contributed by atoms with E-state index in [1.165, 1.54) is 32.1 Å². The number of carboxylic acid groups (broad SMARTS) is 1. The molecule has 0 saturated heterocycles. The number of aliphatic carboxylic acids is 1. The lowest BCUT2D eigenvalue weighted by molar-refractivity contribution is -0.145. The molecule has 0 aliphatic carbocycles. The first-order valence-corrected chi connectivity index (χ1v) is 11.9. The second-order valence-electron chi connectivity index (χ2n) is 7.53. The van der Waals surface area contributed by atoms with E-state index in [0.29, 0.717) is 59.0 Å². The minimum absolute atomic E-state index is 0.00616. The van der Waals surface area contributed by atoms with Crippen LogP contribution in [0.5, 0.6) is 0 Å². The SMILES string of the molecule is CCCCCCCCCC(=O)OCCOCCOCCOCCCNC(=O)CCC(=O)O. The molecule has 0 heterocycles. The maximum absolute atomic E-state index is 11.6. The second-order valence-corrected chi connectivity index (χ2v) is 7.53. The summed E-state index contributed by atoms with van der Waals surface area (Å²) in [4.78, 5) is 33.3. The minimum Gasteiger partial charge on any atom is -0.481 e. The third-order valence-electron chi connectivity index (χ3n) is 4.57. The molecule has 0 saturated carbocycles. The molecule has 0 rings (SSSR count). The van der Waals surface area contributed by atoms with Crippen molar-refractivity contribution in [2.45, 2.75) is 77.6 Å². The largest absolute Gasteiger partial charge is 0.481 e. The van der Waals surface area contributed by atoms with Gasteiger partial charge < -0.3 is 29.4 Å². The van der Waals surface area contributed by atoms with Gasteiger partial charge in [0.05, 0.1) is 39.5 Å². The summed E-state index contributed by atoms with van der Waals surface area (Å²) in [6, 6.07) is 0. The summed E-state index contributed by atoms with van der Waals surface area (Å²) in [6.45, 7) is 5.54. The molecule has 0 aromatic rings. The molecule has 2 N–H and O–H groups in total. The fourth-order valence-corrected chi connectivity index (χ4v) is 2.77. The standard InChI is InChI=1S/C23H43NO8/c1-2-3-4-5-6-7-8-10-23(28)32-20-19-31-18-17-30-16-15-29-14-9-13-24-21(25)11-12-22(26)27/h2-20H2,1H3,(H,24,25)(H,26,27). The number of ether oxygens (including phenoxy) is 4. The number of hydrogen-bond acceptors (Lipinski definition) is 7. The van der Waals surface area contributed by atoms with Crippen LogP contribution in [0.25, 0.3) is 0 Å². The van der Waals surface area contributed by atoms with Crippen molar-refractivity contribution in [3.05, 3.63) is 0 Å². The van der Waals surface area contributed by atoms with Crippen LogP contribution in [0.4, 0.5) is 0 Å². The summed E-state index contributed by atoms with van der Waals surface area (Å²) in [5, 5.41) is 11.1. The van der Waals surface area contributed by atoms with Crippen molar-refractivity contribution in [3.8, 4) is 0 Å². The van der Waals surface area contributed by atoms with Gasteiger partial charge in [0.2, 0.25) is 5.91 Å². The van der Waals surface area contributed by atoms with Gasteiger partial charge in [-0.1, -0.05) is 45.4 Å². The summed E-state index contributed by atoms with van der Waals surface area (Å²) in [5.74, 6) is -1.40. The molecule has 9 heteroatoms. The molecular formula is C23H43NO8. The normalized spacial score (nSPS) is 10.8.